The van der Waals surface area contributed by atoms with Gasteiger partial charge in [0.25, 0.3) is 5.91 Å². The second-order valence-corrected chi connectivity index (χ2v) is 12.4. The summed E-state index contributed by atoms with van der Waals surface area (Å²) in [6.45, 7) is 5.19. The summed E-state index contributed by atoms with van der Waals surface area (Å²) in [7, 11) is 4.86. The van der Waals surface area contributed by atoms with Gasteiger partial charge in [0.15, 0.2) is 11.5 Å². The van der Waals surface area contributed by atoms with E-state index in [1.165, 1.54) is 0 Å². The van der Waals surface area contributed by atoms with Crippen LogP contribution in [0.3, 0.4) is 0 Å². The first-order valence-electron chi connectivity index (χ1n) is 16.5. The predicted octanol–water partition coefficient (Wildman–Crippen LogP) is 7.88. The summed E-state index contributed by atoms with van der Waals surface area (Å²) in [6.07, 6.45) is 1.91. The van der Waals surface area contributed by atoms with Crippen LogP contribution in [-0.4, -0.2) is 49.6 Å². The number of benzene rings is 4. The third-order valence-corrected chi connectivity index (χ3v) is 9.03. The van der Waals surface area contributed by atoms with Crippen LogP contribution in [0.25, 0.3) is 0 Å². The van der Waals surface area contributed by atoms with Crippen molar-refractivity contribution in [1.29, 1.82) is 0 Å². The summed E-state index contributed by atoms with van der Waals surface area (Å²) in [5, 5.41) is 0. The van der Waals surface area contributed by atoms with Gasteiger partial charge in [0, 0.05) is 43.9 Å². The number of hydrogen-bond donors (Lipinski definition) is 0. The maximum absolute atomic E-state index is 14.1. The van der Waals surface area contributed by atoms with E-state index >= 15 is 0 Å². The summed E-state index contributed by atoms with van der Waals surface area (Å²) >= 11 is 0. The molecule has 0 N–H and O–H groups in total. The molecule has 1 aliphatic heterocycles. The van der Waals surface area contributed by atoms with E-state index in [1.807, 2.05) is 98.8 Å². The number of carbonyl (C=O) groups excluding carboxylic acids is 2. The third kappa shape index (κ3) is 7.57. The highest BCUT2D eigenvalue weighted by molar-refractivity contribution is 5.98. The van der Waals surface area contributed by atoms with Gasteiger partial charge in [0.2, 0.25) is 5.91 Å². The minimum absolute atomic E-state index is 0.0269. The molecule has 0 saturated carbocycles. The molecule has 6 rings (SSSR count). The number of aromatic nitrogens is 1. The Morgan fingerprint density at radius 2 is 1.40 bits per heavy atom. The molecule has 9 nitrogen and oxygen atoms in total. The first-order valence-corrected chi connectivity index (χ1v) is 16.5. The molecule has 1 aromatic heterocycles. The monoisotopic (exact) mass is 671 g/mol. The van der Waals surface area contributed by atoms with Gasteiger partial charge in [-0.05, 0) is 90.2 Å². The highest BCUT2D eigenvalue weighted by Gasteiger charge is 2.33. The molecule has 1 fully saturated rings. The van der Waals surface area contributed by atoms with Crippen LogP contribution in [0.1, 0.15) is 50.6 Å². The molecule has 256 valence electrons. The van der Waals surface area contributed by atoms with E-state index in [0.29, 0.717) is 43.2 Å². The van der Waals surface area contributed by atoms with E-state index in [1.54, 1.807) is 49.5 Å². The fourth-order valence-electron chi connectivity index (χ4n) is 6.25. The number of nitrogens with zero attached hydrogens (tertiary/aromatic N) is 3. The first kappa shape index (κ1) is 34.0. The number of amides is 2. The Kier molecular flexibility index (Phi) is 10.3. The van der Waals surface area contributed by atoms with Crippen molar-refractivity contribution in [1.82, 2.24) is 9.88 Å². The Morgan fingerprint density at radius 3 is 1.98 bits per heavy atom. The molecule has 0 spiro atoms. The van der Waals surface area contributed by atoms with Gasteiger partial charge in [-0.25, -0.2) is 0 Å². The van der Waals surface area contributed by atoms with Crippen LogP contribution in [0.2, 0.25) is 0 Å². The van der Waals surface area contributed by atoms with Gasteiger partial charge in [0.05, 0.1) is 21.3 Å². The van der Waals surface area contributed by atoms with Crippen molar-refractivity contribution in [3.63, 3.8) is 0 Å². The molecule has 1 saturated heterocycles. The summed E-state index contributed by atoms with van der Waals surface area (Å²) in [6, 6.07) is 30.6. The molecule has 1 unspecified atom stereocenters. The number of para-hydroxylation sites is 1. The zero-order valence-corrected chi connectivity index (χ0v) is 29.0. The zero-order valence-electron chi connectivity index (χ0n) is 29.0. The average Bonchev–Trinajstić information content (AvgIpc) is 3.54. The van der Waals surface area contributed by atoms with Gasteiger partial charge in [-0.3, -0.25) is 14.6 Å². The Morgan fingerprint density at radius 1 is 0.780 bits per heavy atom. The van der Waals surface area contributed by atoms with E-state index in [9.17, 15) is 9.59 Å². The Bertz CT molecular complexity index is 1910. The van der Waals surface area contributed by atoms with Crippen molar-refractivity contribution in [2.45, 2.75) is 39.3 Å². The Balaban J connectivity index is 1.23. The molecule has 2 heterocycles. The van der Waals surface area contributed by atoms with Gasteiger partial charge >= 0.3 is 0 Å². The Hall–Kier alpha value is -5.83. The van der Waals surface area contributed by atoms with Gasteiger partial charge < -0.3 is 28.7 Å². The fourth-order valence-corrected chi connectivity index (χ4v) is 6.25. The highest BCUT2D eigenvalue weighted by Crippen LogP contribution is 2.39. The summed E-state index contributed by atoms with van der Waals surface area (Å²) in [4.78, 5) is 35.5. The van der Waals surface area contributed by atoms with Gasteiger partial charge in [-0.1, -0.05) is 48.5 Å². The van der Waals surface area contributed by atoms with Gasteiger partial charge in [-0.15, -0.1) is 0 Å². The van der Waals surface area contributed by atoms with E-state index in [-0.39, 0.29) is 23.4 Å². The smallest absolute Gasteiger partial charge is 0.273 e. The summed E-state index contributed by atoms with van der Waals surface area (Å²) in [5.74, 6) is 3.12. The van der Waals surface area contributed by atoms with E-state index in [0.717, 1.165) is 45.1 Å². The number of carbonyl (C=O) groups is 2. The molecular weight excluding hydrogens is 630 g/mol. The van der Waals surface area contributed by atoms with Crippen molar-refractivity contribution < 1.29 is 28.5 Å². The molecular formula is C41H41N3O6. The number of pyridine rings is 1. The molecule has 50 heavy (non-hydrogen) atoms. The molecule has 1 atom stereocenters. The topological polar surface area (TPSA) is 90.4 Å². The maximum Gasteiger partial charge on any atom is 0.273 e. The number of hydrogen-bond acceptors (Lipinski definition) is 7. The molecule has 9 heteroatoms. The number of anilines is 1. The normalized spacial score (nSPS) is 14.0. The minimum atomic E-state index is -0.245. The van der Waals surface area contributed by atoms with Crippen LogP contribution < -0.4 is 23.8 Å². The minimum Gasteiger partial charge on any atom is -0.497 e. The van der Waals surface area contributed by atoms with E-state index in [2.05, 4.69) is 4.98 Å². The lowest BCUT2D eigenvalue weighted by Crippen LogP contribution is -2.31. The number of methoxy groups -OCH3 is 3. The lowest BCUT2D eigenvalue weighted by Gasteiger charge is -2.24. The van der Waals surface area contributed by atoms with Crippen LogP contribution in [0.5, 0.6) is 28.7 Å². The quantitative estimate of drug-likeness (QED) is 0.133. The molecule has 1 aliphatic rings. The summed E-state index contributed by atoms with van der Waals surface area (Å²) < 4.78 is 22.6. The van der Waals surface area contributed by atoms with Crippen LogP contribution in [0, 0.1) is 13.8 Å². The van der Waals surface area contributed by atoms with Crippen molar-refractivity contribution in [2.75, 3.05) is 32.8 Å². The predicted molar refractivity (Wildman–Crippen MR) is 192 cm³/mol. The zero-order chi connectivity index (χ0) is 35.2. The van der Waals surface area contributed by atoms with Crippen LogP contribution in [-0.2, 0) is 17.9 Å². The molecule has 0 radical (unpaired) electrons. The molecule has 5 aromatic rings. The van der Waals surface area contributed by atoms with Crippen LogP contribution in [0.15, 0.2) is 103 Å². The second kappa shape index (κ2) is 15.2. The van der Waals surface area contributed by atoms with E-state index < -0.39 is 0 Å². The van der Waals surface area contributed by atoms with E-state index in [4.69, 9.17) is 18.9 Å². The molecule has 4 aromatic carbocycles. The highest BCUT2D eigenvalue weighted by atomic mass is 16.5. The van der Waals surface area contributed by atoms with Crippen molar-refractivity contribution in [3.8, 4) is 28.7 Å². The first-order chi connectivity index (χ1) is 24.3. The number of ether oxygens (including phenoxy) is 4. The average molecular weight is 672 g/mol. The second-order valence-electron chi connectivity index (χ2n) is 12.4. The fraction of sp³-hybridized carbons (Fsp3) is 0.244. The van der Waals surface area contributed by atoms with Crippen LogP contribution >= 0.6 is 0 Å². The number of aryl methyl sites for hydroxylation is 2. The largest absolute Gasteiger partial charge is 0.497 e. The molecule has 0 bridgehead atoms. The lowest BCUT2D eigenvalue weighted by atomic mass is 9.98. The standard InChI is InChI=1S/C41H41N3O6/c1-27-7-6-8-28(2)40(27)50-38-21-31(13-18-37(38)49-5)32-22-39(45)44(26-32)33-19-20-42-36(23-33)41(46)43(24-29-9-14-34(47-3)15-10-29)25-30-11-16-35(48-4)17-12-30/h6-21,23,32H,22,24-26H2,1-5H3. The van der Waals surface area contributed by atoms with Gasteiger partial charge in [0.1, 0.15) is 22.9 Å². The lowest BCUT2D eigenvalue weighted by molar-refractivity contribution is -0.117. The SMILES string of the molecule is COc1ccc(CN(Cc2ccc(OC)cc2)C(=O)c2cc(N3CC(c4ccc(OC)c(Oc5c(C)cccc5C)c4)CC3=O)ccn2)cc1. The maximum atomic E-state index is 14.1. The molecule has 0 aliphatic carbocycles. The van der Waals surface area contributed by atoms with Crippen molar-refractivity contribution in [2.24, 2.45) is 0 Å². The van der Waals surface area contributed by atoms with Gasteiger partial charge in [-0.2, -0.15) is 0 Å². The van der Waals surface area contributed by atoms with Crippen molar-refractivity contribution in [3.05, 3.63) is 137 Å². The molecule has 2 amide bonds. The Labute approximate surface area is 293 Å². The third-order valence-electron chi connectivity index (χ3n) is 9.03. The summed E-state index contributed by atoms with van der Waals surface area (Å²) in [5.41, 5.74) is 5.80. The number of rotatable bonds is 12. The van der Waals surface area contributed by atoms with Crippen LogP contribution in [0.4, 0.5) is 5.69 Å². The van der Waals surface area contributed by atoms with Crippen molar-refractivity contribution >= 4 is 17.5 Å².